The van der Waals surface area contributed by atoms with E-state index in [1.54, 1.807) is 0 Å². The highest BCUT2D eigenvalue weighted by atomic mass is 16.2. The van der Waals surface area contributed by atoms with Gasteiger partial charge < -0.3 is 4.90 Å². The van der Waals surface area contributed by atoms with Crippen molar-refractivity contribution in [1.29, 1.82) is 0 Å². The van der Waals surface area contributed by atoms with Crippen LogP contribution in [0.15, 0.2) is 16.9 Å². The number of carbonyl (C=O) groups excluding carboxylic acids is 1. The first kappa shape index (κ1) is 11.8. The fraction of sp³-hybridized carbons (Fsp3) is 0.636. The minimum absolute atomic E-state index is 0.0878. The van der Waals surface area contributed by atoms with Gasteiger partial charge in [0.2, 0.25) is 0 Å². The molecule has 4 nitrogen and oxygen atoms in total. The molecule has 84 valence electrons. The largest absolute Gasteiger partial charge is 0.383 e. The zero-order valence-electron chi connectivity index (χ0n) is 9.71. The molecule has 1 aliphatic heterocycles. The van der Waals surface area contributed by atoms with Gasteiger partial charge in [0.15, 0.2) is 0 Å². The molecule has 0 saturated heterocycles. The van der Waals surface area contributed by atoms with Crippen molar-refractivity contribution in [2.75, 3.05) is 14.1 Å². The summed E-state index contributed by atoms with van der Waals surface area (Å²) in [6.07, 6.45) is 6.16. The summed E-state index contributed by atoms with van der Waals surface area (Å²) in [4.78, 5) is 13.3. The molecular weight excluding hydrogens is 190 g/mol. The zero-order chi connectivity index (χ0) is 11.3. The Hall–Kier alpha value is -1.32. The molecule has 0 aromatic carbocycles. The van der Waals surface area contributed by atoms with Crippen LogP contribution >= 0.6 is 0 Å². The molecule has 0 radical (unpaired) electrons. The summed E-state index contributed by atoms with van der Waals surface area (Å²) in [5.74, 6) is -0.0878. The number of nitrogens with zero attached hydrogens (tertiary/aromatic N) is 2. The maximum absolute atomic E-state index is 11.4. The van der Waals surface area contributed by atoms with Crippen LogP contribution < -0.4 is 5.43 Å². The van der Waals surface area contributed by atoms with Gasteiger partial charge in [-0.2, -0.15) is 5.10 Å². The summed E-state index contributed by atoms with van der Waals surface area (Å²) in [5.41, 5.74) is 4.10. The van der Waals surface area contributed by atoms with Crippen LogP contribution in [-0.2, 0) is 4.79 Å². The molecule has 0 atom stereocenters. The average molecular weight is 209 g/mol. The average Bonchev–Trinajstić information content (AvgIpc) is 2.49. The van der Waals surface area contributed by atoms with Crippen molar-refractivity contribution in [3.05, 3.63) is 11.8 Å². The summed E-state index contributed by atoms with van der Waals surface area (Å²) in [7, 11) is 3.81. The van der Waals surface area contributed by atoms with E-state index in [0.717, 1.165) is 18.6 Å². The third-order valence-corrected chi connectivity index (χ3v) is 2.25. The van der Waals surface area contributed by atoms with Gasteiger partial charge in [-0.3, -0.25) is 4.79 Å². The minimum Gasteiger partial charge on any atom is -0.383 e. The number of nitrogens with one attached hydrogen (secondary N) is 1. The number of hydrogen-bond donors (Lipinski definition) is 1. The van der Waals surface area contributed by atoms with Crippen molar-refractivity contribution in [3.63, 3.8) is 0 Å². The molecule has 0 spiro atoms. The number of hydrogen-bond acceptors (Lipinski definition) is 3. The lowest BCUT2D eigenvalue weighted by molar-refractivity contribution is -0.116. The van der Waals surface area contributed by atoms with Crippen LogP contribution in [-0.4, -0.2) is 30.6 Å². The fourth-order valence-electron chi connectivity index (χ4n) is 1.49. The Labute approximate surface area is 91.0 Å². The van der Waals surface area contributed by atoms with E-state index in [-0.39, 0.29) is 5.91 Å². The first-order valence-corrected chi connectivity index (χ1v) is 5.40. The number of carbonyl (C=O) groups is 1. The Bertz CT molecular complexity index is 292. The second-order valence-electron chi connectivity index (χ2n) is 3.96. The molecule has 4 heteroatoms. The van der Waals surface area contributed by atoms with Crippen molar-refractivity contribution >= 4 is 11.6 Å². The van der Waals surface area contributed by atoms with E-state index in [4.69, 9.17) is 0 Å². The zero-order valence-corrected chi connectivity index (χ0v) is 9.71. The predicted octanol–water partition coefficient (Wildman–Crippen LogP) is 1.50. The van der Waals surface area contributed by atoms with Gasteiger partial charge in [0.25, 0.3) is 5.91 Å². The SMILES string of the molecule is CCCCCC1=NNC(=O)C1=CN(C)C. The molecule has 0 fully saturated rings. The van der Waals surface area contributed by atoms with E-state index in [9.17, 15) is 4.79 Å². The van der Waals surface area contributed by atoms with E-state index in [1.807, 2.05) is 25.2 Å². The topological polar surface area (TPSA) is 44.7 Å². The fourth-order valence-corrected chi connectivity index (χ4v) is 1.49. The lowest BCUT2D eigenvalue weighted by Crippen LogP contribution is -2.16. The van der Waals surface area contributed by atoms with Crippen LogP contribution in [0, 0.1) is 0 Å². The van der Waals surface area contributed by atoms with E-state index < -0.39 is 0 Å². The highest BCUT2D eigenvalue weighted by molar-refractivity contribution is 6.24. The maximum Gasteiger partial charge on any atom is 0.274 e. The molecule has 0 saturated carbocycles. The summed E-state index contributed by atoms with van der Waals surface area (Å²) >= 11 is 0. The summed E-state index contributed by atoms with van der Waals surface area (Å²) in [6, 6.07) is 0. The number of unbranched alkanes of at least 4 members (excludes halogenated alkanes) is 2. The summed E-state index contributed by atoms with van der Waals surface area (Å²) in [6.45, 7) is 2.16. The van der Waals surface area contributed by atoms with Crippen molar-refractivity contribution in [3.8, 4) is 0 Å². The highest BCUT2D eigenvalue weighted by Gasteiger charge is 2.21. The Kier molecular flexibility index (Phi) is 4.34. The maximum atomic E-state index is 11.4. The van der Waals surface area contributed by atoms with Gasteiger partial charge in [-0.1, -0.05) is 19.8 Å². The van der Waals surface area contributed by atoms with E-state index >= 15 is 0 Å². The summed E-state index contributed by atoms with van der Waals surface area (Å²) in [5, 5.41) is 4.05. The van der Waals surface area contributed by atoms with Gasteiger partial charge in [0, 0.05) is 20.3 Å². The van der Waals surface area contributed by atoms with E-state index in [2.05, 4.69) is 17.5 Å². The molecule has 15 heavy (non-hydrogen) atoms. The molecular formula is C11H19N3O. The van der Waals surface area contributed by atoms with Crippen molar-refractivity contribution < 1.29 is 4.79 Å². The van der Waals surface area contributed by atoms with E-state index in [1.165, 1.54) is 12.8 Å². The van der Waals surface area contributed by atoms with Gasteiger partial charge >= 0.3 is 0 Å². The van der Waals surface area contributed by atoms with Crippen LogP contribution in [0.3, 0.4) is 0 Å². The molecule has 0 bridgehead atoms. The molecule has 1 aliphatic rings. The molecule has 1 heterocycles. The number of hydrazone groups is 1. The van der Waals surface area contributed by atoms with Crippen LogP contribution in [0.25, 0.3) is 0 Å². The smallest absolute Gasteiger partial charge is 0.274 e. The molecule has 1 rings (SSSR count). The third kappa shape index (κ3) is 3.38. The molecule has 0 aliphatic carbocycles. The Morgan fingerprint density at radius 2 is 2.13 bits per heavy atom. The Balaban J connectivity index is 2.59. The van der Waals surface area contributed by atoms with Gasteiger partial charge in [-0.15, -0.1) is 0 Å². The van der Waals surface area contributed by atoms with Crippen molar-refractivity contribution in [1.82, 2.24) is 10.3 Å². The first-order valence-electron chi connectivity index (χ1n) is 5.40. The van der Waals surface area contributed by atoms with Gasteiger partial charge in [-0.25, -0.2) is 5.43 Å². The lowest BCUT2D eigenvalue weighted by Gasteiger charge is -2.07. The predicted molar refractivity (Wildman–Crippen MR) is 61.5 cm³/mol. The van der Waals surface area contributed by atoms with Gasteiger partial charge in [0.1, 0.15) is 0 Å². The summed E-state index contributed by atoms with van der Waals surface area (Å²) < 4.78 is 0. The van der Waals surface area contributed by atoms with E-state index in [0.29, 0.717) is 5.57 Å². The van der Waals surface area contributed by atoms with Crippen molar-refractivity contribution in [2.45, 2.75) is 32.6 Å². The second-order valence-corrected chi connectivity index (χ2v) is 3.96. The van der Waals surface area contributed by atoms with Gasteiger partial charge in [-0.05, 0) is 12.8 Å². The molecule has 0 aromatic rings. The van der Waals surface area contributed by atoms with Crippen LogP contribution in [0.5, 0.6) is 0 Å². The van der Waals surface area contributed by atoms with Gasteiger partial charge in [0.05, 0.1) is 11.3 Å². The Morgan fingerprint density at radius 3 is 2.73 bits per heavy atom. The van der Waals surface area contributed by atoms with Crippen molar-refractivity contribution in [2.24, 2.45) is 5.10 Å². The number of rotatable bonds is 5. The molecule has 1 amide bonds. The van der Waals surface area contributed by atoms with Crippen LogP contribution in [0.2, 0.25) is 0 Å². The highest BCUT2D eigenvalue weighted by Crippen LogP contribution is 2.12. The van der Waals surface area contributed by atoms with Crippen LogP contribution in [0.1, 0.15) is 32.6 Å². The quantitative estimate of drug-likeness (QED) is 0.551. The lowest BCUT2D eigenvalue weighted by atomic mass is 10.1. The monoisotopic (exact) mass is 209 g/mol. The third-order valence-electron chi connectivity index (χ3n) is 2.25. The molecule has 0 aromatic heterocycles. The Morgan fingerprint density at radius 1 is 1.40 bits per heavy atom. The normalized spacial score (nSPS) is 17.9. The first-order chi connectivity index (χ1) is 7.15. The second kappa shape index (κ2) is 5.53. The standard InChI is InChI=1S/C11H19N3O/c1-4-5-6-7-10-9(8-14(2)3)11(15)13-12-10/h8H,4-7H2,1-3H3,(H,13,15). The number of amides is 1. The molecule has 0 unspecified atom stereocenters. The van der Waals surface area contributed by atoms with Crippen LogP contribution in [0.4, 0.5) is 0 Å². The molecule has 1 N–H and O–H groups in total. The minimum atomic E-state index is -0.0878.